The summed E-state index contributed by atoms with van der Waals surface area (Å²) in [6, 6.07) is 2.02. The molecule has 0 aromatic carbocycles. The van der Waals surface area contributed by atoms with Crippen LogP contribution in [0.25, 0.3) is 0 Å². The molecule has 1 aromatic heterocycles. The molecule has 84 valence electrons. The van der Waals surface area contributed by atoms with Crippen LogP contribution >= 0.6 is 27.3 Å². The summed E-state index contributed by atoms with van der Waals surface area (Å²) in [7, 11) is 0. The van der Waals surface area contributed by atoms with Gasteiger partial charge in [-0.25, -0.2) is 0 Å². The quantitative estimate of drug-likeness (QED) is 0.823. The molecule has 1 aromatic rings. The zero-order valence-corrected chi connectivity index (χ0v) is 11.8. The predicted molar refractivity (Wildman–Crippen MR) is 68.1 cm³/mol. The monoisotopic (exact) mass is 288 g/mol. The lowest BCUT2D eigenvalue weighted by Crippen LogP contribution is -2.28. The first-order valence-electron chi connectivity index (χ1n) is 5.31. The molecular weight excluding hydrogens is 272 g/mol. The van der Waals surface area contributed by atoms with Gasteiger partial charge in [-0.05, 0) is 51.6 Å². The van der Waals surface area contributed by atoms with Crippen LogP contribution in [0.4, 0.5) is 0 Å². The highest BCUT2D eigenvalue weighted by Crippen LogP contribution is 2.54. The van der Waals surface area contributed by atoms with Crippen molar-refractivity contribution in [3.63, 3.8) is 0 Å². The fourth-order valence-electron chi connectivity index (χ4n) is 2.88. The first-order valence-corrected chi connectivity index (χ1v) is 6.98. The summed E-state index contributed by atoms with van der Waals surface area (Å²) in [5, 5.41) is 12.9. The Bertz CT molecular complexity index is 371. The van der Waals surface area contributed by atoms with Gasteiger partial charge in [-0.15, -0.1) is 11.3 Å². The van der Waals surface area contributed by atoms with Gasteiger partial charge in [0.05, 0.1) is 4.88 Å². The highest BCUT2D eigenvalue weighted by Gasteiger charge is 2.49. The van der Waals surface area contributed by atoms with Gasteiger partial charge < -0.3 is 5.11 Å². The molecule has 2 unspecified atom stereocenters. The number of rotatable bonds is 1. The normalized spacial score (nSPS) is 34.6. The standard InChI is InChI=1S/C12H17BrOS/c1-8-6-11(2,3)7-12(8,14)10-9(13)4-5-15-10/h4-5,8,14H,6-7H2,1-3H3. The van der Waals surface area contributed by atoms with Gasteiger partial charge in [0.2, 0.25) is 0 Å². The molecule has 3 heteroatoms. The molecular formula is C12H17BrOS. The molecule has 0 spiro atoms. The van der Waals surface area contributed by atoms with Gasteiger partial charge in [-0.1, -0.05) is 20.8 Å². The van der Waals surface area contributed by atoms with Crippen molar-refractivity contribution in [3.8, 4) is 0 Å². The van der Waals surface area contributed by atoms with E-state index in [-0.39, 0.29) is 5.41 Å². The summed E-state index contributed by atoms with van der Waals surface area (Å²) < 4.78 is 1.06. The van der Waals surface area contributed by atoms with Gasteiger partial charge in [-0.2, -0.15) is 0 Å². The lowest BCUT2D eigenvalue weighted by atomic mass is 9.88. The van der Waals surface area contributed by atoms with Crippen LogP contribution < -0.4 is 0 Å². The lowest BCUT2D eigenvalue weighted by Gasteiger charge is -2.28. The molecule has 1 aliphatic rings. The second-order valence-electron chi connectivity index (χ2n) is 5.47. The third-order valence-electron chi connectivity index (χ3n) is 3.43. The Morgan fingerprint density at radius 2 is 2.20 bits per heavy atom. The van der Waals surface area contributed by atoms with Crippen molar-refractivity contribution >= 4 is 27.3 Å². The zero-order valence-electron chi connectivity index (χ0n) is 9.38. The highest BCUT2D eigenvalue weighted by molar-refractivity contribution is 9.10. The number of halogens is 1. The second-order valence-corrected chi connectivity index (χ2v) is 7.24. The molecule has 1 heterocycles. The van der Waals surface area contributed by atoms with Crippen LogP contribution in [-0.2, 0) is 5.60 Å². The topological polar surface area (TPSA) is 20.2 Å². The summed E-state index contributed by atoms with van der Waals surface area (Å²) in [4.78, 5) is 1.10. The molecule has 0 amide bonds. The van der Waals surface area contributed by atoms with Gasteiger partial charge in [0.1, 0.15) is 5.60 Å². The predicted octanol–water partition coefficient (Wildman–Crippen LogP) is 4.15. The Kier molecular flexibility index (Phi) is 2.77. The third kappa shape index (κ3) is 1.90. The van der Waals surface area contributed by atoms with E-state index in [0.29, 0.717) is 5.92 Å². The first kappa shape index (κ1) is 11.6. The average Bonchev–Trinajstić information content (AvgIpc) is 2.56. The van der Waals surface area contributed by atoms with Crippen LogP contribution in [0.15, 0.2) is 15.9 Å². The summed E-state index contributed by atoms with van der Waals surface area (Å²) in [5.74, 6) is 0.336. The molecule has 0 radical (unpaired) electrons. The lowest BCUT2D eigenvalue weighted by molar-refractivity contribution is 0.00212. The Labute approximate surface area is 104 Å². The fourth-order valence-corrected chi connectivity index (χ4v) is 4.81. The number of aliphatic hydroxyl groups is 1. The molecule has 15 heavy (non-hydrogen) atoms. The number of hydrogen-bond donors (Lipinski definition) is 1. The van der Waals surface area contributed by atoms with E-state index < -0.39 is 5.60 Å². The molecule has 2 atom stereocenters. The minimum Gasteiger partial charge on any atom is -0.384 e. The second kappa shape index (κ2) is 3.57. The molecule has 1 saturated carbocycles. The van der Waals surface area contributed by atoms with E-state index in [1.165, 1.54) is 0 Å². The van der Waals surface area contributed by atoms with Crippen LogP contribution in [0.3, 0.4) is 0 Å². The summed E-state index contributed by atoms with van der Waals surface area (Å²) in [6.45, 7) is 6.63. The maximum absolute atomic E-state index is 10.8. The molecule has 1 fully saturated rings. The number of hydrogen-bond acceptors (Lipinski definition) is 2. The fraction of sp³-hybridized carbons (Fsp3) is 0.667. The van der Waals surface area contributed by atoms with Crippen LogP contribution in [0, 0.1) is 11.3 Å². The SMILES string of the molecule is CC1CC(C)(C)CC1(O)c1sccc1Br. The van der Waals surface area contributed by atoms with Crippen LogP contribution in [-0.4, -0.2) is 5.11 Å². The number of thiophene rings is 1. The maximum Gasteiger partial charge on any atom is 0.103 e. The van der Waals surface area contributed by atoms with Gasteiger partial charge in [0, 0.05) is 4.47 Å². The molecule has 0 aliphatic heterocycles. The highest BCUT2D eigenvalue weighted by atomic mass is 79.9. The minimum atomic E-state index is -0.628. The van der Waals surface area contributed by atoms with Gasteiger partial charge in [0.25, 0.3) is 0 Å². The Balaban J connectivity index is 2.40. The maximum atomic E-state index is 10.8. The molecule has 1 aliphatic carbocycles. The molecule has 1 nitrogen and oxygen atoms in total. The summed E-state index contributed by atoms with van der Waals surface area (Å²) in [5.41, 5.74) is -0.381. The van der Waals surface area contributed by atoms with E-state index in [2.05, 4.69) is 36.7 Å². The molecule has 0 saturated heterocycles. The largest absolute Gasteiger partial charge is 0.384 e. The van der Waals surface area contributed by atoms with Crippen molar-refractivity contribution in [1.82, 2.24) is 0 Å². The summed E-state index contributed by atoms with van der Waals surface area (Å²) in [6.07, 6.45) is 1.95. The van der Waals surface area contributed by atoms with Crippen molar-refractivity contribution in [1.29, 1.82) is 0 Å². The van der Waals surface area contributed by atoms with Crippen molar-refractivity contribution in [2.45, 2.75) is 39.2 Å². The van der Waals surface area contributed by atoms with E-state index in [1.54, 1.807) is 11.3 Å². The first-order chi connectivity index (χ1) is 6.85. The van der Waals surface area contributed by atoms with E-state index >= 15 is 0 Å². The van der Waals surface area contributed by atoms with E-state index in [4.69, 9.17) is 0 Å². The molecule has 0 bridgehead atoms. The van der Waals surface area contributed by atoms with E-state index in [9.17, 15) is 5.11 Å². The van der Waals surface area contributed by atoms with Crippen LogP contribution in [0.5, 0.6) is 0 Å². The van der Waals surface area contributed by atoms with Crippen molar-refractivity contribution in [3.05, 3.63) is 20.8 Å². The molecule has 1 N–H and O–H groups in total. The third-order valence-corrected chi connectivity index (χ3v) is 5.44. The minimum absolute atomic E-state index is 0.248. The Morgan fingerprint density at radius 3 is 2.60 bits per heavy atom. The average molecular weight is 289 g/mol. The summed E-state index contributed by atoms with van der Waals surface area (Å²) >= 11 is 5.18. The zero-order chi connectivity index (χ0) is 11.3. The van der Waals surface area contributed by atoms with E-state index in [1.807, 2.05) is 11.4 Å². The van der Waals surface area contributed by atoms with Crippen LogP contribution in [0.1, 0.15) is 38.5 Å². The Hall–Kier alpha value is 0.140. The van der Waals surface area contributed by atoms with Gasteiger partial charge in [0.15, 0.2) is 0 Å². The smallest absolute Gasteiger partial charge is 0.103 e. The van der Waals surface area contributed by atoms with Gasteiger partial charge in [-0.3, -0.25) is 0 Å². The Morgan fingerprint density at radius 1 is 1.53 bits per heavy atom. The van der Waals surface area contributed by atoms with E-state index in [0.717, 1.165) is 22.2 Å². The van der Waals surface area contributed by atoms with Crippen molar-refractivity contribution in [2.75, 3.05) is 0 Å². The molecule has 2 rings (SSSR count). The van der Waals surface area contributed by atoms with Crippen LogP contribution in [0.2, 0.25) is 0 Å². The van der Waals surface area contributed by atoms with Gasteiger partial charge >= 0.3 is 0 Å². The van der Waals surface area contributed by atoms with Crippen molar-refractivity contribution in [2.24, 2.45) is 11.3 Å². The van der Waals surface area contributed by atoms with Crippen molar-refractivity contribution < 1.29 is 5.11 Å².